The standard InChI is InChI=1S/C29H35F2N3O/c30-23-6-9-25(10-7-23)34(29(35)18-21-4-2-1-3-5-21)17-16-33-14-12-22(13-15-33)27-20-32-28-19-24(31)8-11-26(27)28/h6-11,19-22,32H,1-5,12-18H2. The number of likely N-dealkylation sites (tertiary alicyclic amines) is 1. The zero-order valence-electron chi connectivity index (χ0n) is 20.3. The quantitative estimate of drug-likeness (QED) is 0.413. The van der Waals surface area contributed by atoms with Crippen molar-refractivity contribution in [3.63, 3.8) is 0 Å². The maximum Gasteiger partial charge on any atom is 0.227 e. The molecule has 1 N–H and O–H groups in total. The van der Waals surface area contributed by atoms with Gasteiger partial charge in [-0.2, -0.15) is 0 Å². The summed E-state index contributed by atoms with van der Waals surface area (Å²) in [6.45, 7) is 3.35. The second-order valence-corrected chi connectivity index (χ2v) is 10.3. The van der Waals surface area contributed by atoms with E-state index < -0.39 is 0 Å². The lowest BCUT2D eigenvalue weighted by Gasteiger charge is -2.34. The molecule has 1 saturated carbocycles. The molecule has 1 aliphatic heterocycles. The Kier molecular flexibility index (Phi) is 7.47. The second-order valence-electron chi connectivity index (χ2n) is 10.3. The lowest BCUT2D eigenvalue weighted by atomic mass is 9.86. The van der Waals surface area contributed by atoms with Gasteiger partial charge >= 0.3 is 0 Å². The Hall–Kier alpha value is -2.73. The molecule has 5 rings (SSSR count). The molecule has 0 bridgehead atoms. The number of anilines is 1. The number of hydrogen-bond donors (Lipinski definition) is 1. The van der Waals surface area contributed by atoms with Crippen LogP contribution in [0.25, 0.3) is 10.9 Å². The van der Waals surface area contributed by atoms with E-state index in [0.717, 1.165) is 61.9 Å². The van der Waals surface area contributed by atoms with Gasteiger partial charge in [-0.25, -0.2) is 8.78 Å². The number of fused-ring (bicyclic) bond motifs is 1. The SMILES string of the molecule is O=C(CC1CCCCC1)N(CCN1CCC(c2c[nH]c3cc(F)ccc23)CC1)c1ccc(F)cc1. The predicted octanol–water partition coefficient (Wildman–Crippen LogP) is 6.63. The van der Waals surface area contributed by atoms with Crippen molar-refractivity contribution in [2.24, 2.45) is 5.92 Å². The van der Waals surface area contributed by atoms with E-state index in [1.54, 1.807) is 18.2 Å². The van der Waals surface area contributed by atoms with Gasteiger partial charge in [0.2, 0.25) is 5.91 Å². The number of nitrogens with zero attached hydrogens (tertiary/aromatic N) is 2. The van der Waals surface area contributed by atoms with E-state index in [1.165, 1.54) is 43.0 Å². The number of rotatable bonds is 7. The fourth-order valence-electron chi connectivity index (χ4n) is 5.93. The predicted molar refractivity (Wildman–Crippen MR) is 137 cm³/mol. The number of H-pyrrole nitrogens is 1. The number of carbonyl (C=O) groups is 1. The Balaban J connectivity index is 1.20. The molecule has 2 heterocycles. The van der Waals surface area contributed by atoms with Crippen molar-refractivity contribution in [1.82, 2.24) is 9.88 Å². The van der Waals surface area contributed by atoms with E-state index in [9.17, 15) is 13.6 Å². The maximum atomic E-state index is 13.5. The van der Waals surface area contributed by atoms with Crippen LogP contribution in [0.5, 0.6) is 0 Å². The molecule has 4 nitrogen and oxygen atoms in total. The highest BCUT2D eigenvalue weighted by Crippen LogP contribution is 2.33. The van der Waals surface area contributed by atoms with Crippen LogP contribution in [-0.4, -0.2) is 42.0 Å². The zero-order chi connectivity index (χ0) is 24.2. The van der Waals surface area contributed by atoms with Crippen LogP contribution < -0.4 is 4.90 Å². The minimum atomic E-state index is -0.282. The molecule has 3 aromatic rings. The third-order valence-electron chi connectivity index (χ3n) is 7.97. The number of aromatic amines is 1. The second kappa shape index (κ2) is 10.9. The Bertz CT molecular complexity index is 1130. The van der Waals surface area contributed by atoms with Crippen molar-refractivity contribution in [3.8, 4) is 0 Å². The van der Waals surface area contributed by atoms with E-state index in [-0.39, 0.29) is 17.5 Å². The third-order valence-corrected chi connectivity index (χ3v) is 7.97. The van der Waals surface area contributed by atoms with Gasteiger partial charge in [0, 0.05) is 42.3 Å². The van der Waals surface area contributed by atoms with Crippen LogP contribution >= 0.6 is 0 Å². The molecule has 0 unspecified atom stereocenters. The zero-order valence-corrected chi connectivity index (χ0v) is 20.3. The summed E-state index contributed by atoms with van der Waals surface area (Å²) in [6.07, 6.45) is 10.7. The molecule has 186 valence electrons. The van der Waals surface area contributed by atoms with Crippen molar-refractivity contribution in [2.75, 3.05) is 31.1 Å². The van der Waals surface area contributed by atoms with Crippen LogP contribution in [0.1, 0.15) is 62.8 Å². The maximum absolute atomic E-state index is 13.5. The number of hydrogen-bond acceptors (Lipinski definition) is 2. The highest BCUT2D eigenvalue weighted by Gasteiger charge is 2.26. The molecule has 0 radical (unpaired) electrons. The fourth-order valence-corrected chi connectivity index (χ4v) is 5.93. The number of carbonyl (C=O) groups excluding carboxylic acids is 1. The molecule has 35 heavy (non-hydrogen) atoms. The molecule has 1 amide bonds. The number of nitrogens with one attached hydrogen (secondary N) is 1. The van der Waals surface area contributed by atoms with Crippen molar-refractivity contribution in [1.29, 1.82) is 0 Å². The van der Waals surface area contributed by atoms with E-state index in [2.05, 4.69) is 9.88 Å². The number of benzene rings is 2. The first kappa shape index (κ1) is 24.0. The topological polar surface area (TPSA) is 39.3 Å². The lowest BCUT2D eigenvalue weighted by Crippen LogP contribution is -2.42. The Morgan fingerprint density at radius 2 is 1.66 bits per heavy atom. The van der Waals surface area contributed by atoms with E-state index in [4.69, 9.17) is 0 Å². The Labute approximate surface area is 206 Å². The largest absolute Gasteiger partial charge is 0.361 e. The summed E-state index contributed by atoms with van der Waals surface area (Å²) in [4.78, 5) is 20.8. The minimum Gasteiger partial charge on any atom is -0.361 e. The van der Waals surface area contributed by atoms with Crippen molar-refractivity contribution >= 4 is 22.5 Å². The first-order valence-corrected chi connectivity index (χ1v) is 13.1. The summed E-state index contributed by atoms with van der Waals surface area (Å²) >= 11 is 0. The van der Waals surface area contributed by atoms with Gasteiger partial charge in [-0.1, -0.05) is 19.3 Å². The van der Waals surface area contributed by atoms with Crippen LogP contribution in [0.2, 0.25) is 0 Å². The summed E-state index contributed by atoms with van der Waals surface area (Å²) in [5, 5.41) is 1.11. The molecule has 6 heteroatoms. The average molecular weight is 480 g/mol. The van der Waals surface area contributed by atoms with Crippen molar-refractivity contribution in [3.05, 3.63) is 65.9 Å². The summed E-state index contributed by atoms with van der Waals surface area (Å²) in [5.74, 6) is 0.579. The van der Waals surface area contributed by atoms with Gasteiger partial charge in [-0.15, -0.1) is 0 Å². The van der Waals surface area contributed by atoms with Gasteiger partial charge in [-0.05, 0) is 98.6 Å². The molecular weight excluding hydrogens is 444 g/mol. The van der Waals surface area contributed by atoms with Crippen molar-refractivity contribution in [2.45, 2.75) is 57.3 Å². The molecule has 1 saturated heterocycles. The molecule has 0 spiro atoms. The third kappa shape index (κ3) is 5.75. The highest BCUT2D eigenvalue weighted by atomic mass is 19.1. The minimum absolute atomic E-state index is 0.157. The number of aromatic nitrogens is 1. The van der Waals surface area contributed by atoms with Crippen LogP contribution in [0.3, 0.4) is 0 Å². The molecular formula is C29H35F2N3O. The van der Waals surface area contributed by atoms with Crippen LogP contribution in [0.4, 0.5) is 14.5 Å². The average Bonchev–Trinajstić information content (AvgIpc) is 3.29. The summed E-state index contributed by atoms with van der Waals surface area (Å²) in [6, 6.07) is 11.3. The molecule has 1 aliphatic carbocycles. The van der Waals surface area contributed by atoms with E-state index in [0.29, 0.717) is 24.8 Å². The van der Waals surface area contributed by atoms with Crippen molar-refractivity contribution < 1.29 is 13.6 Å². The normalized spacial score (nSPS) is 18.2. The fraction of sp³-hybridized carbons (Fsp3) is 0.483. The molecule has 2 aromatic carbocycles. The summed E-state index contributed by atoms with van der Waals surface area (Å²) < 4.78 is 27.1. The summed E-state index contributed by atoms with van der Waals surface area (Å²) in [5.41, 5.74) is 2.91. The Morgan fingerprint density at radius 3 is 2.40 bits per heavy atom. The van der Waals surface area contributed by atoms with Gasteiger partial charge in [0.15, 0.2) is 0 Å². The smallest absolute Gasteiger partial charge is 0.227 e. The molecule has 2 aliphatic rings. The molecule has 2 fully saturated rings. The monoisotopic (exact) mass is 479 g/mol. The van der Waals surface area contributed by atoms with Gasteiger partial charge in [0.1, 0.15) is 11.6 Å². The van der Waals surface area contributed by atoms with E-state index in [1.807, 2.05) is 17.2 Å². The number of halogens is 2. The van der Waals surface area contributed by atoms with Gasteiger partial charge in [0.05, 0.1) is 0 Å². The first-order valence-electron chi connectivity index (χ1n) is 13.1. The van der Waals surface area contributed by atoms with Crippen LogP contribution in [-0.2, 0) is 4.79 Å². The van der Waals surface area contributed by atoms with Crippen LogP contribution in [0, 0.1) is 17.6 Å². The Morgan fingerprint density at radius 1 is 0.943 bits per heavy atom. The lowest BCUT2D eigenvalue weighted by molar-refractivity contribution is -0.119. The van der Waals surface area contributed by atoms with Gasteiger partial charge < -0.3 is 14.8 Å². The number of piperidine rings is 1. The molecule has 1 aromatic heterocycles. The van der Waals surface area contributed by atoms with Crippen LogP contribution in [0.15, 0.2) is 48.7 Å². The highest BCUT2D eigenvalue weighted by molar-refractivity contribution is 5.93. The van der Waals surface area contributed by atoms with Gasteiger partial charge in [0.25, 0.3) is 0 Å². The number of amides is 1. The molecule has 0 atom stereocenters. The first-order chi connectivity index (χ1) is 17.1. The summed E-state index contributed by atoms with van der Waals surface area (Å²) in [7, 11) is 0. The van der Waals surface area contributed by atoms with Gasteiger partial charge in [-0.3, -0.25) is 4.79 Å². The van der Waals surface area contributed by atoms with E-state index >= 15 is 0 Å².